The number of hydrogen-bond acceptors (Lipinski definition) is 2. The van der Waals surface area contributed by atoms with E-state index in [1.165, 1.54) is 11.1 Å². The molecule has 21 heavy (non-hydrogen) atoms. The third-order valence-corrected chi connectivity index (χ3v) is 3.04. The van der Waals surface area contributed by atoms with Crippen LogP contribution in [0.4, 0.5) is 0 Å². The first kappa shape index (κ1) is 14.8. The van der Waals surface area contributed by atoms with E-state index in [0.717, 1.165) is 19.0 Å². The monoisotopic (exact) mass is 283 g/mol. The number of nitrogens with zero attached hydrogens (tertiary/aromatic N) is 3. The lowest BCUT2D eigenvalue weighted by atomic mass is 10.1. The molecule has 0 spiro atoms. The van der Waals surface area contributed by atoms with E-state index < -0.39 is 0 Å². The average Bonchev–Trinajstić information content (AvgIpc) is 3.02. The van der Waals surface area contributed by atoms with Gasteiger partial charge in [-0.2, -0.15) is 0 Å². The predicted octanol–water partition coefficient (Wildman–Crippen LogP) is 1.78. The van der Waals surface area contributed by atoms with Gasteiger partial charge in [-0.1, -0.05) is 30.3 Å². The van der Waals surface area contributed by atoms with Gasteiger partial charge in [0.1, 0.15) is 0 Å². The summed E-state index contributed by atoms with van der Waals surface area (Å²) in [6.07, 6.45) is 7.38. The molecule has 2 rings (SSSR count). The highest BCUT2D eigenvalue weighted by molar-refractivity contribution is 5.79. The van der Waals surface area contributed by atoms with Gasteiger partial charge in [0.25, 0.3) is 0 Å². The zero-order chi connectivity index (χ0) is 14.9. The van der Waals surface area contributed by atoms with E-state index in [0.29, 0.717) is 6.54 Å². The van der Waals surface area contributed by atoms with E-state index in [9.17, 15) is 0 Å². The van der Waals surface area contributed by atoms with Crippen molar-refractivity contribution in [1.82, 2.24) is 20.2 Å². The molecule has 0 fully saturated rings. The van der Waals surface area contributed by atoms with Gasteiger partial charge in [0.05, 0.1) is 6.33 Å². The molecule has 0 unspecified atom stereocenters. The Hall–Kier alpha value is -2.56. The van der Waals surface area contributed by atoms with Crippen molar-refractivity contribution in [3.63, 3.8) is 0 Å². The van der Waals surface area contributed by atoms with E-state index in [1.807, 2.05) is 17.1 Å². The zero-order valence-corrected chi connectivity index (χ0v) is 12.3. The zero-order valence-electron chi connectivity index (χ0n) is 12.3. The van der Waals surface area contributed by atoms with Crippen molar-refractivity contribution in [3.8, 4) is 0 Å². The quantitative estimate of drug-likeness (QED) is 0.483. The smallest absolute Gasteiger partial charge is 0.191 e. The van der Waals surface area contributed by atoms with Crippen LogP contribution in [0.2, 0.25) is 0 Å². The standard InChI is InChI=1S/C16H21N5/c1-3-8-19-16(17-2)20-11-14-4-6-15(7-5-14)12-21-10-9-18-13-21/h3-7,9-10,13H,1,8,11-12H2,2H3,(H2,17,19,20). The van der Waals surface area contributed by atoms with Crippen molar-refractivity contribution in [2.75, 3.05) is 13.6 Å². The van der Waals surface area contributed by atoms with Crippen molar-refractivity contribution in [2.24, 2.45) is 4.99 Å². The largest absolute Gasteiger partial charge is 0.353 e. The normalized spacial score (nSPS) is 11.2. The van der Waals surface area contributed by atoms with E-state index in [4.69, 9.17) is 0 Å². The molecule has 0 bridgehead atoms. The van der Waals surface area contributed by atoms with Gasteiger partial charge in [-0.15, -0.1) is 6.58 Å². The van der Waals surface area contributed by atoms with Gasteiger partial charge >= 0.3 is 0 Å². The van der Waals surface area contributed by atoms with Gasteiger partial charge in [0.15, 0.2) is 5.96 Å². The maximum Gasteiger partial charge on any atom is 0.191 e. The molecular weight excluding hydrogens is 262 g/mol. The molecule has 0 saturated carbocycles. The van der Waals surface area contributed by atoms with Crippen LogP contribution in [0, 0.1) is 0 Å². The molecule has 2 aromatic rings. The molecule has 0 atom stereocenters. The van der Waals surface area contributed by atoms with Crippen LogP contribution >= 0.6 is 0 Å². The second kappa shape index (κ2) is 7.89. The van der Waals surface area contributed by atoms with Crippen molar-refractivity contribution in [3.05, 3.63) is 66.8 Å². The van der Waals surface area contributed by atoms with Crippen LogP contribution in [0.5, 0.6) is 0 Å². The lowest BCUT2D eigenvalue weighted by Gasteiger charge is -2.11. The number of hydrogen-bond donors (Lipinski definition) is 2. The van der Waals surface area contributed by atoms with Gasteiger partial charge in [0.2, 0.25) is 0 Å². The molecule has 1 heterocycles. The molecule has 2 N–H and O–H groups in total. The highest BCUT2D eigenvalue weighted by atomic mass is 15.2. The Bertz CT molecular complexity index is 569. The topological polar surface area (TPSA) is 54.2 Å². The molecule has 110 valence electrons. The van der Waals surface area contributed by atoms with Crippen LogP contribution in [0.15, 0.2) is 60.6 Å². The van der Waals surface area contributed by atoms with E-state index in [2.05, 4.69) is 51.5 Å². The summed E-state index contributed by atoms with van der Waals surface area (Å²) in [5, 5.41) is 6.40. The molecule has 0 amide bonds. The van der Waals surface area contributed by atoms with E-state index >= 15 is 0 Å². The summed E-state index contributed by atoms with van der Waals surface area (Å²) in [7, 11) is 1.76. The summed E-state index contributed by atoms with van der Waals surface area (Å²) >= 11 is 0. The maximum atomic E-state index is 4.14. The fourth-order valence-corrected chi connectivity index (χ4v) is 1.93. The van der Waals surface area contributed by atoms with E-state index in [1.54, 1.807) is 19.3 Å². The summed E-state index contributed by atoms with van der Waals surface area (Å²) in [5.41, 5.74) is 2.47. The molecule has 5 nitrogen and oxygen atoms in total. The number of guanidine groups is 1. The Balaban J connectivity index is 1.86. The van der Waals surface area contributed by atoms with Crippen molar-refractivity contribution in [2.45, 2.75) is 13.1 Å². The third kappa shape index (κ3) is 4.80. The first-order valence-corrected chi connectivity index (χ1v) is 6.91. The Morgan fingerprint density at radius 2 is 2.05 bits per heavy atom. The van der Waals surface area contributed by atoms with Crippen molar-refractivity contribution < 1.29 is 0 Å². The van der Waals surface area contributed by atoms with Crippen molar-refractivity contribution in [1.29, 1.82) is 0 Å². The second-order valence-corrected chi connectivity index (χ2v) is 4.65. The Morgan fingerprint density at radius 1 is 1.29 bits per heavy atom. The molecular formula is C16H21N5. The summed E-state index contributed by atoms with van der Waals surface area (Å²) in [4.78, 5) is 8.19. The average molecular weight is 283 g/mol. The Kier molecular flexibility index (Phi) is 5.58. The predicted molar refractivity (Wildman–Crippen MR) is 86.2 cm³/mol. The minimum atomic E-state index is 0.698. The van der Waals surface area contributed by atoms with Crippen LogP contribution in [-0.2, 0) is 13.1 Å². The molecule has 0 aliphatic carbocycles. The number of aromatic nitrogens is 2. The SMILES string of the molecule is C=CCNC(=NC)NCc1ccc(Cn2ccnc2)cc1. The Labute approximate surface area is 125 Å². The minimum Gasteiger partial charge on any atom is -0.353 e. The summed E-state index contributed by atoms with van der Waals surface area (Å²) in [6, 6.07) is 8.52. The lowest BCUT2D eigenvalue weighted by molar-refractivity contribution is 0.795. The number of benzene rings is 1. The third-order valence-electron chi connectivity index (χ3n) is 3.04. The van der Waals surface area contributed by atoms with Crippen LogP contribution in [0.25, 0.3) is 0 Å². The number of imidazole rings is 1. The lowest BCUT2D eigenvalue weighted by Crippen LogP contribution is -2.36. The maximum absolute atomic E-state index is 4.14. The summed E-state index contributed by atoms with van der Waals surface area (Å²) in [6.45, 7) is 5.95. The van der Waals surface area contributed by atoms with E-state index in [-0.39, 0.29) is 0 Å². The van der Waals surface area contributed by atoms with Crippen LogP contribution < -0.4 is 10.6 Å². The summed E-state index contributed by atoms with van der Waals surface area (Å²) in [5.74, 6) is 0.775. The number of aliphatic imine (C=N–C) groups is 1. The molecule has 0 saturated heterocycles. The van der Waals surface area contributed by atoms with Crippen LogP contribution in [-0.4, -0.2) is 29.1 Å². The fraction of sp³-hybridized carbons (Fsp3) is 0.250. The van der Waals surface area contributed by atoms with Gasteiger partial charge in [-0.25, -0.2) is 4.98 Å². The van der Waals surface area contributed by atoms with Gasteiger partial charge in [-0.05, 0) is 11.1 Å². The highest BCUT2D eigenvalue weighted by Crippen LogP contribution is 2.06. The molecule has 0 aliphatic rings. The molecule has 0 radical (unpaired) electrons. The first-order chi connectivity index (χ1) is 10.3. The van der Waals surface area contributed by atoms with Crippen LogP contribution in [0.1, 0.15) is 11.1 Å². The molecule has 5 heteroatoms. The fourth-order valence-electron chi connectivity index (χ4n) is 1.93. The number of rotatable bonds is 6. The second-order valence-electron chi connectivity index (χ2n) is 4.65. The van der Waals surface area contributed by atoms with Gasteiger partial charge in [0, 0.05) is 39.1 Å². The van der Waals surface area contributed by atoms with Crippen molar-refractivity contribution >= 4 is 5.96 Å². The highest BCUT2D eigenvalue weighted by Gasteiger charge is 1.98. The molecule has 1 aromatic carbocycles. The molecule has 1 aromatic heterocycles. The van der Waals surface area contributed by atoms with Crippen LogP contribution in [0.3, 0.4) is 0 Å². The Morgan fingerprint density at radius 3 is 2.67 bits per heavy atom. The summed E-state index contributed by atoms with van der Waals surface area (Å²) < 4.78 is 2.05. The number of nitrogens with one attached hydrogen (secondary N) is 2. The minimum absolute atomic E-state index is 0.698. The molecule has 0 aliphatic heterocycles. The van der Waals surface area contributed by atoms with Gasteiger partial charge < -0.3 is 15.2 Å². The van der Waals surface area contributed by atoms with Gasteiger partial charge in [-0.3, -0.25) is 4.99 Å². The first-order valence-electron chi connectivity index (χ1n) is 6.91.